The van der Waals surface area contributed by atoms with Crippen molar-refractivity contribution in [1.29, 1.82) is 5.53 Å². The lowest BCUT2D eigenvalue weighted by atomic mass is 10.3. The standard InChI is InChI=1S/C6H7F3N2O4/c7-6(8,9)5(11-10)15-4(14)2-1-3(12)13/h5,10H,1-2H2,(H,12,13). The van der Waals surface area contributed by atoms with Crippen molar-refractivity contribution in [3.8, 4) is 0 Å². The molecule has 0 amide bonds. The monoisotopic (exact) mass is 228 g/mol. The van der Waals surface area contributed by atoms with Crippen molar-refractivity contribution in [2.24, 2.45) is 5.11 Å². The van der Waals surface area contributed by atoms with E-state index in [1.807, 2.05) is 0 Å². The molecule has 0 aromatic carbocycles. The molecule has 0 fully saturated rings. The summed E-state index contributed by atoms with van der Waals surface area (Å²) >= 11 is 0. The zero-order valence-electron chi connectivity index (χ0n) is 7.24. The highest BCUT2D eigenvalue weighted by atomic mass is 19.4. The van der Waals surface area contributed by atoms with Crippen LogP contribution in [0.1, 0.15) is 12.8 Å². The number of carboxylic acid groups (broad SMARTS) is 1. The van der Waals surface area contributed by atoms with Gasteiger partial charge in [0.15, 0.2) is 0 Å². The van der Waals surface area contributed by atoms with Crippen LogP contribution in [0.2, 0.25) is 0 Å². The van der Waals surface area contributed by atoms with Crippen LogP contribution >= 0.6 is 0 Å². The third-order valence-corrected chi connectivity index (χ3v) is 1.18. The molecule has 86 valence electrons. The summed E-state index contributed by atoms with van der Waals surface area (Å²) in [4.78, 5) is 20.6. The number of nitrogens with one attached hydrogen (secondary N) is 1. The van der Waals surface area contributed by atoms with Gasteiger partial charge in [-0.2, -0.15) is 13.2 Å². The van der Waals surface area contributed by atoms with E-state index < -0.39 is 37.2 Å². The van der Waals surface area contributed by atoms with Crippen LogP contribution in [-0.4, -0.2) is 29.4 Å². The van der Waals surface area contributed by atoms with Crippen molar-refractivity contribution in [2.45, 2.75) is 25.2 Å². The minimum atomic E-state index is -4.96. The number of halogens is 3. The first-order valence-corrected chi connectivity index (χ1v) is 3.62. The van der Waals surface area contributed by atoms with Gasteiger partial charge in [-0.25, -0.2) is 5.53 Å². The molecule has 0 rings (SSSR count). The lowest BCUT2D eigenvalue weighted by Gasteiger charge is -2.14. The topological polar surface area (TPSA) is 99.8 Å². The predicted molar refractivity (Wildman–Crippen MR) is 38.0 cm³/mol. The van der Waals surface area contributed by atoms with Crippen LogP contribution < -0.4 is 0 Å². The Morgan fingerprint density at radius 1 is 1.40 bits per heavy atom. The Hall–Kier alpha value is -1.67. The minimum absolute atomic E-state index is 0.637. The molecule has 6 nitrogen and oxygen atoms in total. The maximum Gasteiger partial charge on any atom is 0.448 e. The lowest BCUT2D eigenvalue weighted by Crippen LogP contribution is -2.31. The van der Waals surface area contributed by atoms with Gasteiger partial charge in [0.2, 0.25) is 0 Å². The lowest BCUT2D eigenvalue weighted by molar-refractivity contribution is -0.221. The van der Waals surface area contributed by atoms with Crippen molar-refractivity contribution in [3.63, 3.8) is 0 Å². The molecule has 0 aliphatic rings. The van der Waals surface area contributed by atoms with Crippen LogP contribution in [0.3, 0.4) is 0 Å². The zero-order valence-corrected chi connectivity index (χ0v) is 7.24. The molecule has 0 aliphatic carbocycles. The van der Waals surface area contributed by atoms with Gasteiger partial charge >= 0.3 is 24.3 Å². The third kappa shape index (κ3) is 5.60. The number of hydrogen-bond donors (Lipinski definition) is 2. The average molecular weight is 228 g/mol. The Kier molecular flexibility index (Phi) is 4.68. The molecule has 0 saturated heterocycles. The van der Waals surface area contributed by atoms with Crippen LogP contribution in [-0.2, 0) is 14.3 Å². The first-order chi connectivity index (χ1) is 6.77. The van der Waals surface area contributed by atoms with E-state index >= 15 is 0 Å². The highest BCUT2D eigenvalue weighted by molar-refractivity contribution is 5.76. The summed E-state index contributed by atoms with van der Waals surface area (Å²) < 4.78 is 39.3. The summed E-state index contributed by atoms with van der Waals surface area (Å²) in [5.41, 5.74) is 6.14. The maximum atomic E-state index is 11.9. The van der Waals surface area contributed by atoms with Gasteiger partial charge in [-0.05, 0) is 0 Å². The largest absolute Gasteiger partial charge is 0.481 e. The maximum absolute atomic E-state index is 11.9. The Morgan fingerprint density at radius 3 is 2.27 bits per heavy atom. The van der Waals surface area contributed by atoms with Crippen LogP contribution in [0, 0.1) is 5.53 Å². The first kappa shape index (κ1) is 13.3. The number of carbonyl (C=O) groups excluding carboxylic acids is 1. The molecule has 0 heterocycles. The second kappa shape index (κ2) is 5.27. The number of hydrogen-bond acceptors (Lipinski definition) is 5. The number of esters is 1. The van der Waals surface area contributed by atoms with E-state index in [9.17, 15) is 22.8 Å². The summed E-state index contributed by atoms with van der Waals surface area (Å²) in [6.45, 7) is 0. The van der Waals surface area contributed by atoms with Crippen LogP contribution in [0.5, 0.6) is 0 Å². The molecular formula is C6H7F3N2O4. The Morgan fingerprint density at radius 2 is 1.93 bits per heavy atom. The first-order valence-electron chi connectivity index (χ1n) is 3.62. The van der Waals surface area contributed by atoms with Crippen molar-refractivity contribution in [2.75, 3.05) is 0 Å². The molecule has 0 aromatic heterocycles. The fraction of sp³-hybridized carbons (Fsp3) is 0.667. The number of alkyl halides is 3. The van der Waals surface area contributed by atoms with E-state index in [1.54, 1.807) is 0 Å². The number of ether oxygens (including phenoxy) is 1. The Balaban J connectivity index is 4.14. The van der Waals surface area contributed by atoms with Crippen LogP contribution in [0.4, 0.5) is 13.2 Å². The number of carbonyl (C=O) groups is 2. The van der Waals surface area contributed by atoms with E-state index in [2.05, 4.69) is 9.85 Å². The van der Waals surface area contributed by atoms with E-state index in [4.69, 9.17) is 10.6 Å². The highest BCUT2D eigenvalue weighted by Gasteiger charge is 2.43. The molecule has 0 radical (unpaired) electrons. The fourth-order valence-corrected chi connectivity index (χ4v) is 0.559. The second-order valence-corrected chi connectivity index (χ2v) is 2.41. The van der Waals surface area contributed by atoms with E-state index in [0.717, 1.165) is 0 Å². The number of rotatable bonds is 5. The number of aliphatic carboxylic acids is 1. The van der Waals surface area contributed by atoms with Gasteiger partial charge in [-0.1, -0.05) is 0 Å². The van der Waals surface area contributed by atoms with Gasteiger partial charge in [-0.3, -0.25) is 9.59 Å². The summed E-state index contributed by atoms with van der Waals surface area (Å²) in [5.74, 6) is -2.70. The zero-order chi connectivity index (χ0) is 12.1. The van der Waals surface area contributed by atoms with Crippen molar-refractivity contribution < 1.29 is 32.6 Å². The fourth-order valence-electron chi connectivity index (χ4n) is 0.559. The molecular weight excluding hydrogens is 221 g/mol. The second-order valence-electron chi connectivity index (χ2n) is 2.41. The van der Waals surface area contributed by atoms with Gasteiger partial charge in [0.1, 0.15) is 0 Å². The average Bonchev–Trinajstić information content (AvgIpc) is 2.08. The van der Waals surface area contributed by atoms with E-state index in [0.29, 0.717) is 0 Å². The smallest absolute Gasteiger partial charge is 0.448 e. The Bertz CT molecular complexity index is 266. The molecule has 0 saturated carbocycles. The van der Waals surface area contributed by atoms with E-state index in [1.165, 1.54) is 0 Å². The highest BCUT2D eigenvalue weighted by Crippen LogP contribution is 2.24. The SMILES string of the molecule is N=NC(OC(=O)CCC(=O)O)C(F)(F)F. The van der Waals surface area contributed by atoms with Crippen molar-refractivity contribution in [3.05, 3.63) is 0 Å². The van der Waals surface area contributed by atoms with Gasteiger partial charge in [0.05, 0.1) is 12.8 Å². The minimum Gasteiger partial charge on any atom is -0.481 e. The number of carboxylic acids is 1. The quantitative estimate of drug-likeness (QED) is 0.547. The molecule has 2 N–H and O–H groups in total. The van der Waals surface area contributed by atoms with Gasteiger partial charge in [0.25, 0.3) is 0 Å². The normalized spacial score (nSPS) is 13.0. The van der Waals surface area contributed by atoms with Gasteiger partial charge in [-0.15, -0.1) is 5.11 Å². The van der Waals surface area contributed by atoms with Crippen LogP contribution in [0.25, 0.3) is 0 Å². The third-order valence-electron chi connectivity index (χ3n) is 1.18. The molecule has 1 atom stereocenters. The Labute approximate surface area is 81.5 Å². The molecule has 1 unspecified atom stereocenters. The molecule has 0 spiro atoms. The predicted octanol–water partition coefficient (Wildman–Crippen LogP) is 1.31. The van der Waals surface area contributed by atoms with Crippen LogP contribution in [0.15, 0.2) is 5.11 Å². The summed E-state index contributed by atoms with van der Waals surface area (Å²) in [5, 5.41) is 10.2. The summed E-state index contributed by atoms with van der Waals surface area (Å²) in [6, 6.07) is 0. The molecule has 0 aliphatic heterocycles. The van der Waals surface area contributed by atoms with E-state index in [-0.39, 0.29) is 0 Å². The molecule has 0 aromatic rings. The number of nitrogens with zero attached hydrogens (tertiary/aromatic N) is 1. The van der Waals surface area contributed by atoms with Crippen molar-refractivity contribution in [1.82, 2.24) is 0 Å². The summed E-state index contributed by atoms with van der Waals surface area (Å²) in [7, 11) is 0. The molecule has 15 heavy (non-hydrogen) atoms. The summed E-state index contributed by atoms with van der Waals surface area (Å²) in [6.07, 6.45) is -9.15. The van der Waals surface area contributed by atoms with Gasteiger partial charge in [0, 0.05) is 0 Å². The molecule has 9 heteroatoms. The van der Waals surface area contributed by atoms with Gasteiger partial charge < -0.3 is 9.84 Å². The molecule has 0 bridgehead atoms. The van der Waals surface area contributed by atoms with Crippen molar-refractivity contribution >= 4 is 11.9 Å².